The maximum atomic E-state index is 10.8. The number of anilines is 2. The van der Waals surface area contributed by atoms with E-state index < -0.39 is 5.97 Å². The van der Waals surface area contributed by atoms with Gasteiger partial charge in [0.2, 0.25) is 0 Å². The van der Waals surface area contributed by atoms with E-state index in [9.17, 15) is 4.79 Å². The summed E-state index contributed by atoms with van der Waals surface area (Å²) in [6.45, 7) is 0.509. The summed E-state index contributed by atoms with van der Waals surface area (Å²) < 4.78 is 5.06. The Kier molecular flexibility index (Phi) is 4.55. The topological polar surface area (TPSA) is 71.5 Å². The highest BCUT2D eigenvalue weighted by Crippen LogP contribution is 2.24. The molecule has 0 saturated heterocycles. The van der Waals surface area contributed by atoms with Crippen LogP contribution in [0.2, 0.25) is 5.02 Å². The quantitative estimate of drug-likeness (QED) is 0.884. The van der Waals surface area contributed by atoms with Crippen molar-refractivity contribution in [2.75, 3.05) is 12.4 Å². The second kappa shape index (κ2) is 6.36. The van der Waals surface area contributed by atoms with Gasteiger partial charge in [0, 0.05) is 19.0 Å². The van der Waals surface area contributed by atoms with Crippen LogP contribution < -0.4 is 5.32 Å². The Morgan fingerprint density at radius 3 is 2.90 bits per heavy atom. The highest BCUT2D eigenvalue weighted by atomic mass is 35.5. The fourth-order valence-corrected chi connectivity index (χ4v) is 1.90. The minimum atomic E-state index is -1.06. The molecular formula is C14H13ClN2O3. The minimum absolute atomic E-state index is 0.0497. The number of rotatable bonds is 5. The Labute approximate surface area is 121 Å². The molecule has 0 fully saturated rings. The van der Waals surface area contributed by atoms with Crippen LogP contribution in [0.4, 0.5) is 11.5 Å². The van der Waals surface area contributed by atoms with Gasteiger partial charge in [-0.15, -0.1) is 0 Å². The zero-order valence-corrected chi connectivity index (χ0v) is 11.5. The van der Waals surface area contributed by atoms with Crippen LogP contribution >= 0.6 is 11.6 Å². The molecule has 0 aliphatic heterocycles. The Balaban J connectivity index is 2.21. The van der Waals surface area contributed by atoms with E-state index in [1.54, 1.807) is 7.11 Å². The summed E-state index contributed by atoms with van der Waals surface area (Å²) in [6, 6.07) is 8.96. The Morgan fingerprint density at radius 1 is 1.45 bits per heavy atom. The first kappa shape index (κ1) is 14.3. The molecule has 104 valence electrons. The van der Waals surface area contributed by atoms with Crippen molar-refractivity contribution in [3.05, 3.63) is 52.7 Å². The summed E-state index contributed by atoms with van der Waals surface area (Å²) in [5.74, 6) is -0.653. The largest absolute Gasteiger partial charge is 0.478 e. The number of hydrogen-bond acceptors (Lipinski definition) is 4. The Hall–Kier alpha value is -2.11. The van der Waals surface area contributed by atoms with Crippen LogP contribution in [-0.2, 0) is 11.3 Å². The van der Waals surface area contributed by atoms with Gasteiger partial charge in [0.15, 0.2) is 0 Å². The van der Waals surface area contributed by atoms with Gasteiger partial charge in [-0.05, 0) is 23.8 Å². The van der Waals surface area contributed by atoms with Gasteiger partial charge in [0.25, 0.3) is 0 Å². The number of nitrogens with one attached hydrogen (secondary N) is 1. The van der Waals surface area contributed by atoms with Gasteiger partial charge in [-0.2, -0.15) is 0 Å². The first-order valence-electron chi connectivity index (χ1n) is 5.84. The van der Waals surface area contributed by atoms with E-state index >= 15 is 0 Å². The van der Waals surface area contributed by atoms with E-state index in [0.29, 0.717) is 12.4 Å². The molecule has 0 aliphatic rings. The number of nitrogens with zero attached hydrogens (tertiary/aromatic N) is 1. The van der Waals surface area contributed by atoms with Crippen LogP contribution in [0.5, 0.6) is 0 Å². The standard InChI is InChI=1S/C14H13ClN2O3/c1-20-8-9-3-2-4-11(5-9)17-13-12(15)6-10(7-16-13)14(18)19/h2-7H,8H2,1H3,(H,16,17)(H,18,19). The van der Waals surface area contributed by atoms with Crippen molar-refractivity contribution < 1.29 is 14.6 Å². The fourth-order valence-electron chi connectivity index (χ4n) is 1.69. The van der Waals surface area contributed by atoms with Gasteiger partial charge >= 0.3 is 5.97 Å². The van der Waals surface area contributed by atoms with Gasteiger partial charge < -0.3 is 15.2 Å². The average Bonchev–Trinajstić information content (AvgIpc) is 2.42. The number of carbonyl (C=O) groups is 1. The number of pyridine rings is 1. The number of aromatic nitrogens is 1. The number of halogens is 1. The molecule has 0 unspecified atom stereocenters. The molecule has 2 aromatic rings. The Bertz CT molecular complexity index is 632. The first-order valence-corrected chi connectivity index (χ1v) is 6.21. The fraction of sp³-hybridized carbons (Fsp3) is 0.143. The number of hydrogen-bond donors (Lipinski definition) is 2. The number of ether oxygens (including phenoxy) is 1. The molecule has 0 saturated carbocycles. The maximum Gasteiger partial charge on any atom is 0.337 e. The van der Waals surface area contributed by atoms with Crippen molar-refractivity contribution in [3.63, 3.8) is 0 Å². The average molecular weight is 293 g/mol. The molecule has 0 spiro atoms. The summed E-state index contributed by atoms with van der Waals surface area (Å²) in [4.78, 5) is 14.8. The molecule has 0 amide bonds. The lowest BCUT2D eigenvalue weighted by atomic mass is 10.2. The molecule has 0 bridgehead atoms. The number of carboxylic acids is 1. The lowest BCUT2D eigenvalue weighted by Gasteiger charge is -2.09. The van der Waals surface area contributed by atoms with Crippen molar-refractivity contribution in [3.8, 4) is 0 Å². The summed E-state index contributed by atoms with van der Waals surface area (Å²) in [7, 11) is 1.63. The summed E-state index contributed by atoms with van der Waals surface area (Å²) in [5, 5.41) is 12.1. The van der Waals surface area contributed by atoms with Gasteiger partial charge in [0.1, 0.15) is 5.82 Å². The zero-order valence-electron chi connectivity index (χ0n) is 10.8. The third-order valence-corrected chi connectivity index (χ3v) is 2.88. The molecule has 2 rings (SSSR count). The van der Waals surface area contributed by atoms with Gasteiger partial charge in [-0.3, -0.25) is 0 Å². The molecule has 0 radical (unpaired) electrons. The van der Waals surface area contributed by atoms with E-state index in [-0.39, 0.29) is 10.6 Å². The Morgan fingerprint density at radius 2 is 2.25 bits per heavy atom. The van der Waals surface area contributed by atoms with Crippen molar-refractivity contribution in [1.82, 2.24) is 4.98 Å². The molecule has 0 aliphatic carbocycles. The normalized spacial score (nSPS) is 10.3. The zero-order chi connectivity index (χ0) is 14.5. The smallest absolute Gasteiger partial charge is 0.337 e. The number of carboxylic acid groups (broad SMARTS) is 1. The predicted octanol–water partition coefficient (Wildman–Crippen LogP) is 3.32. The third kappa shape index (κ3) is 3.46. The van der Waals surface area contributed by atoms with Crippen LogP contribution in [0, 0.1) is 0 Å². The number of benzene rings is 1. The predicted molar refractivity (Wildman–Crippen MR) is 76.6 cm³/mol. The third-order valence-electron chi connectivity index (χ3n) is 2.59. The van der Waals surface area contributed by atoms with Gasteiger partial charge in [-0.1, -0.05) is 23.7 Å². The lowest BCUT2D eigenvalue weighted by molar-refractivity contribution is 0.0696. The summed E-state index contributed by atoms with van der Waals surface area (Å²) in [6.07, 6.45) is 1.26. The summed E-state index contributed by atoms with van der Waals surface area (Å²) >= 11 is 6.01. The van der Waals surface area contributed by atoms with Gasteiger partial charge in [0.05, 0.1) is 17.2 Å². The summed E-state index contributed by atoms with van der Waals surface area (Å²) in [5.41, 5.74) is 1.86. The van der Waals surface area contributed by atoms with E-state index in [2.05, 4.69) is 10.3 Å². The molecular weight excluding hydrogens is 280 g/mol. The van der Waals surface area contributed by atoms with Crippen LogP contribution in [0.3, 0.4) is 0 Å². The minimum Gasteiger partial charge on any atom is -0.478 e. The van der Waals surface area contributed by atoms with Crippen LogP contribution in [-0.4, -0.2) is 23.2 Å². The highest BCUT2D eigenvalue weighted by molar-refractivity contribution is 6.33. The first-order chi connectivity index (χ1) is 9.60. The molecule has 1 aromatic carbocycles. The number of aromatic carboxylic acids is 1. The van der Waals surface area contributed by atoms with E-state index in [4.69, 9.17) is 21.4 Å². The lowest BCUT2D eigenvalue weighted by Crippen LogP contribution is -2.01. The second-order valence-electron chi connectivity index (χ2n) is 4.12. The van der Waals surface area contributed by atoms with Crippen molar-refractivity contribution >= 4 is 29.1 Å². The number of methoxy groups -OCH3 is 1. The van der Waals surface area contributed by atoms with E-state index in [1.165, 1.54) is 12.3 Å². The van der Waals surface area contributed by atoms with Crippen LogP contribution in [0.15, 0.2) is 36.5 Å². The van der Waals surface area contributed by atoms with Crippen molar-refractivity contribution in [2.24, 2.45) is 0 Å². The molecule has 1 heterocycles. The van der Waals surface area contributed by atoms with Crippen molar-refractivity contribution in [2.45, 2.75) is 6.61 Å². The SMILES string of the molecule is COCc1cccc(Nc2ncc(C(=O)O)cc2Cl)c1. The maximum absolute atomic E-state index is 10.8. The molecule has 0 atom stereocenters. The van der Waals surface area contributed by atoms with Crippen molar-refractivity contribution in [1.29, 1.82) is 0 Å². The van der Waals surface area contributed by atoms with Crippen LogP contribution in [0.1, 0.15) is 15.9 Å². The van der Waals surface area contributed by atoms with E-state index in [0.717, 1.165) is 11.3 Å². The molecule has 1 aromatic heterocycles. The van der Waals surface area contributed by atoms with Crippen LogP contribution in [0.25, 0.3) is 0 Å². The monoisotopic (exact) mass is 292 g/mol. The molecule has 20 heavy (non-hydrogen) atoms. The van der Waals surface area contributed by atoms with Gasteiger partial charge in [-0.25, -0.2) is 9.78 Å². The van der Waals surface area contributed by atoms with E-state index in [1.807, 2.05) is 24.3 Å². The highest BCUT2D eigenvalue weighted by Gasteiger charge is 2.08. The molecule has 5 nitrogen and oxygen atoms in total. The molecule has 6 heteroatoms. The second-order valence-corrected chi connectivity index (χ2v) is 4.53. The molecule has 2 N–H and O–H groups in total.